The van der Waals surface area contributed by atoms with Gasteiger partial charge in [-0.2, -0.15) is 0 Å². The molecule has 86 valence electrons. The Bertz CT molecular complexity index is 470. The summed E-state index contributed by atoms with van der Waals surface area (Å²) in [5.74, 6) is 2.74. The number of hydrogen-bond donors (Lipinski definition) is 2. The number of nitrogens with zero attached hydrogens (tertiary/aromatic N) is 1. The molecule has 0 aliphatic carbocycles. The predicted octanol–water partition coefficient (Wildman–Crippen LogP) is 2.05. The van der Waals surface area contributed by atoms with Gasteiger partial charge >= 0.3 is 0 Å². The van der Waals surface area contributed by atoms with E-state index in [-0.39, 0.29) is 0 Å². The molecule has 0 radical (unpaired) electrons. The molecule has 0 atom stereocenters. The van der Waals surface area contributed by atoms with Crippen LogP contribution in [0.1, 0.15) is 17.3 Å². The molecule has 2 aromatic rings. The van der Waals surface area contributed by atoms with Crippen LogP contribution in [0, 0.1) is 13.8 Å². The minimum atomic E-state index is 0.835. The van der Waals surface area contributed by atoms with Crippen molar-refractivity contribution in [1.29, 1.82) is 0 Å². The molecule has 0 aliphatic heterocycles. The first-order chi connectivity index (χ1) is 7.70. The van der Waals surface area contributed by atoms with Gasteiger partial charge in [0.05, 0.1) is 0 Å². The highest BCUT2D eigenvalue weighted by Crippen LogP contribution is 2.23. The van der Waals surface area contributed by atoms with Crippen LogP contribution in [0.5, 0.6) is 0 Å². The fourth-order valence-corrected chi connectivity index (χ4v) is 1.69. The number of imidazole rings is 1. The predicted molar refractivity (Wildman–Crippen MR) is 63.4 cm³/mol. The first-order valence-corrected chi connectivity index (χ1v) is 5.47. The average molecular weight is 219 g/mol. The maximum atomic E-state index is 5.57. The number of aryl methyl sites for hydroxylation is 2. The second-order valence-electron chi connectivity index (χ2n) is 3.92. The summed E-state index contributed by atoms with van der Waals surface area (Å²) in [6.45, 7) is 4.88. The molecule has 2 heterocycles. The van der Waals surface area contributed by atoms with Crippen molar-refractivity contribution < 1.29 is 4.42 Å². The standard InChI is InChI=1S/C12H17N3O/c1-8-4-5-10(16-8)12-9(2)14-11(15-12)6-7-13-3/h4-5,13H,6-7H2,1-3H3,(H,14,15). The summed E-state index contributed by atoms with van der Waals surface area (Å²) in [7, 11) is 1.94. The lowest BCUT2D eigenvalue weighted by molar-refractivity contribution is 0.546. The monoisotopic (exact) mass is 219 g/mol. The number of rotatable bonds is 4. The molecular formula is C12H17N3O. The Morgan fingerprint density at radius 2 is 2.19 bits per heavy atom. The van der Waals surface area contributed by atoms with Crippen LogP contribution in [0.25, 0.3) is 11.5 Å². The molecule has 0 aromatic carbocycles. The smallest absolute Gasteiger partial charge is 0.154 e. The lowest BCUT2D eigenvalue weighted by Gasteiger charge is -1.93. The van der Waals surface area contributed by atoms with Gasteiger partial charge in [0, 0.05) is 18.7 Å². The van der Waals surface area contributed by atoms with Gasteiger partial charge in [0.15, 0.2) is 5.76 Å². The Balaban J connectivity index is 2.24. The Morgan fingerprint density at radius 1 is 1.38 bits per heavy atom. The zero-order valence-corrected chi connectivity index (χ0v) is 9.92. The zero-order valence-electron chi connectivity index (χ0n) is 9.92. The van der Waals surface area contributed by atoms with Crippen molar-refractivity contribution in [3.63, 3.8) is 0 Å². The van der Waals surface area contributed by atoms with Gasteiger partial charge in [0.1, 0.15) is 17.3 Å². The minimum absolute atomic E-state index is 0.835. The van der Waals surface area contributed by atoms with Gasteiger partial charge in [-0.1, -0.05) is 0 Å². The van der Waals surface area contributed by atoms with Gasteiger partial charge in [-0.3, -0.25) is 0 Å². The highest BCUT2D eigenvalue weighted by molar-refractivity contribution is 5.55. The summed E-state index contributed by atoms with van der Waals surface area (Å²) in [5, 5.41) is 3.11. The quantitative estimate of drug-likeness (QED) is 0.827. The topological polar surface area (TPSA) is 53.9 Å². The Morgan fingerprint density at radius 3 is 2.81 bits per heavy atom. The molecule has 0 unspecified atom stereocenters. The molecule has 0 saturated heterocycles. The molecule has 0 amide bonds. The van der Waals surface area contributed by atoms with Crippen molar-refractivity contribution in [1.82, 2.24) is 15.3 Å². The van der Waals surface area contributed by atoms with Crippen LogP contribution in [0.2, 0.25) is 0 Å². The van der Waals surface area contributed by atoms with Crippen LogP contribution in [0.3, 0.4) is 0 Å². The minimum Gasteiger partial charge on any atom is -0.460 e. The van der Waals surface area contributed by atoms with Gasteiger partial charge in [-0.15, -0.1) is 0 Å². The molecule has 0 saturated carbocycles. The third-order valence-electron chi connectivity index (χ3n) is 2.52. The number of nitrogens with one attached hydrogen (secondary N) is 2. The highest BCUT2D eigenvalue weighted by Gasteiger charge is 2.11. The van der Waals surface area contributed by atoms with Gasteiger partial charge in [-0.25, -0.2) is 4.98 Å². The van der Waals surface area contributed by atoms with E-state index in [2.05, 4.69) is 15.3 Å². The summed E-state index contributed by atoms with van der Waals surface area (Å²) in [4.78, 5) is 7.82. The van der Waals surface area contributed by atoms with E-state index in [1.165, 1.54) is 0 Å². The van der Waals surface area contributed by atoms with E-state index in [0.717, 1.165) is 41.7 Å². The second-order valence-corrected chi connectivity index (χ2v) is 3.92. The maximum Gasteiger partial charge on any atom is 0.154 e. The van der Waals surface area contributed by atoms with Crippen LogP contribution in [-0.4, -0.2) is 23.6 Å². The van der Waals surface area contributed by atoms with Gasteiger partial charge in [0.25, 0.3) is 0 Å². The van der Waals surface area contributed by atoms with Crippen molar-refractivity contribution in [2.45, 2.75) is 20.3 Å². The lowest BCUT2D eigenvalue weighted by Crippen LogP contribution is -2.11. The zero-order chi connectivity index (χ0) is 11.5. The molecule has 0 bridgehead atoms. The molecule has 0 aliphatic rings. The SMILES string of the molecule is CNCCc1nc(-c2ccc(C)o2)c(C)[nH]1. The van der Waals surface area contributed by atoms with E-state index in [4.69, 9.17) is 4.42 Å². The molecule has 4 heteroatoms. The number of H-pyrrole nitrogens is 1. The van der Waals surface area contributed by atoms with Gasteiger partial charge < -0.3 is 14.7 Å². The summed E-state index contributed by atoms with van der Waals surface area (Å²) < 4.78 is 5.57. The lowest BCUT2D eigenvalue weighted by atomic mass is 10.3. The number of aromatic nitrogens is 2. The highest BCUT2D eigenvalue weighted by atomic mass is 16.3. The van der Waals surface area contributed by atoms with Crippen LogP contribution in [0.15, 0.2) is 16.5 Å². The first-order valence-electron chi connectivity index (χ1n) is 5.47. The Labute approximate surface area is 95.1 Å². The van der Waals surface area contributed by atoms with Crippen molar-refractivity contribution in [2.24, 2.45) is 0 Å². The van der Waals surface area contributed by atoms with Crippen molar-refractivity contribution in [3.05, 3.63) is 29.4 Å². The van der Waals surface area contributed by atoms with Crippen LogP contribution < -0.4 is 5.32 Å². The summed E-state index contributed by atoms with van der Waals surface area (Å²) in [6, 6.07) is 3.91. The Kier molecular flexibility index (Phi) is 3.10. The van der Waals surface area contributed by atoms with Crippen LogP contribution >= 0.6 is 0 Å². The molecule has 4 nitrogen and oxygen atoms in total. The number of hydrogen-bond acceptors (Lipinski definition) is 3. The molecular weight excluding hydrogens is 202 g/mol. The van der Waals surface area contributed by atoms with Crippen molar-refractivity contribution in [3.8, 4) is 11.5 Å². The summed E-state index contributed by atoms with van der Waals surface area (Å²) in [6.07, 6.45) is 0.900. The normalized spacial score (nSPS) is 10.9. The maximum absolute atomic E-state index is 5.57. The average Bonchev–Trinajstić information content (AvgIpc) is 2.82. The van der Waals surface area contributed by atoms with E-state index in [1.807, 2.05) is 33.0 Å². The molecule has 2 N–H and O–H groups in total. The van der Waals surface area contributed by atoms with Gasteiger partial charge in [-0.05, 0) is 33.0 Å². The largest absolute Gasteiger partial charge is 0.460 e. The molecule has 0 spiro atoms. The number of furan rings is 1. The van der Waals surface area contributed by atoms with E-state index in [9.17, 15) is 0 Å². The van der Waals surface area contributed by atoms with Crippen molar-refractivity contribution in [2.75, 3.05) is 13.6 Å². The fourth-order valence-electron chi connectivity index (χ4n) is 1.69. The molecule has 0 fully saturated rings. The van der Waals surface area contributed by atoms with Crippen LogP contribution in [0.4, 0.5) is 0 Å². The number of likely N-dealkylation sites (N-methyl/N-ethyl adjacent to an activating group) is 1. The van der Waals surface area contributed by atoms with E-state index in [1.54, 1.807) is 0 Å². The third-order valence-corrected chi connectivity index (χ3v) is 2.52. The first kappa shape index (κ1) is 11.0. The molecule has 16 heavy (non-hydrogen) atoms. The second kappa shape index (κ2) is 4.53. The van der Waals surface area contributed by atoms with Crippen molar-refractivity contribution >= 4 is 0 Å². The fraction of sp³-hybridized carbons (Fsp3) is 0.417. The van der Waals surface area contributed by atoms with Gasteiger partial charge in [0.2, 0.25) is 0 Å². The van der Waals surface area contributed by atoms with Crippen LogP contribution in [-0.2, 0) is 6.42 Å². The Hall–Kier alpha value is -1.55. The van der Waals surface area contributed by atoms with E-state index in [0.29, 0.717) is 0 Å². The molecule has 2 aromatic heterocycles. The third kappa shape index (κ3) is 2.17. The number of aromatic amines is 1. The van der Waals surface area contributed by atoms with E-state index >= 15 is 0 Å². The summed E-state index contributed by atoms with van der Waals surface area (Å²) in [5.41, 5.74) is 1.97. The van der Waals surface area contributed by atoms with E-state index < -0.39 is 0 Å². The summed E-state index contributed by atoms with van der Waals surface area (Å²) >= 11 is 0. The molecule has 2 rings (SSSR count).